The number of hydrogen-bond acceptors (Lipinski definition) is 4. The molecule has 1 aromatic carbocycles. The Labute approximate surface area is 122 Å². The van der Waals surface area contributed by atoms with E-state index in [-0.39, 0.29) is 6.04 Å². The Bertz CT molecular complexity index is 651. The van der Waals surface area contributed by atoms with E-state index in [0.717, 1.165) is 22.6 Å². The quantitative estimate of drug-likeness (QED) is 0.922. The van der Waals surface area contributed by atoms with Gasteiger partial charge < -0.3 is 19.6 Å². The third-order valence-corrected chi connectivity index (χ3v) is 3.74. The summed E-state index contributed by atoms with van der Waals surface area (Å²) in [7, 11) is 0. The van der Waals surface area contributed by atoms with Crippen molar-refractivity contribution in [1.82, 2.24) is 0 Å². The van der Waals surface area contributed by atoms with Crippen molar-refractivity contribution < 1.29 is 13.9 Å². The van der Waals surface area contributed by atoms with Crippen LogP contribution in [0.3, 0.4) is 0 Å². The van der Waals surface area contributed by atoms with Crippen LogP contribution in [0, 0.1) is 13.8 Å². The molecule has 106 valence electrons. The molecule has 1 aliphatic rings. The summed E-state index contributed by atoms with van der Waals surface area (Å²) in [5, 5.41) is 0.569. The molecule has 0 aliphatic carbocycles. The molecule has 0 saturated carbocycles. The second kappa shape index (κ2) is 5.04. The predicted molar refractivity (Wildman–Crippen MR) is 76.7 cm³/mol. The van der Waals surface area contributed by atoms with Crippen molar-refractivity contribution in [2.45, 2.75) is 19.9 Å². The lowest BCUT2D eigenvalue weighted by Crippen LogP contribution is -2.17. The second-order valence-electron chi connectivity index (χ2n) is 4.86. The highest BCUT2D eigenvalue weighted by atomic mass is 35.5. The molecule has 1 atom stereocenters. The zero-order valence-electron chi connectivity index (χ0n) is 11.4. The fourth-order valence-corrected chi connectivity index (χ4v) is 2.72. The molecule has 0 bridgehead atoms. The topological polar surface area (TPSA) is 57.6 Å². The molecule has 20 heavy (non-hydrogen) atoms. The smallest absolute Gasteiger partial charge is 0.162 e. The summed E-state index contributed by atoms with van der Waals surface area (Å²) in [6, 6.07) is 5.19. The Morgan fingerprint density at radius 1 is 1.05 bits per heavy atom. The van der Waals surface area contributed by atoms with Gasteiger partial charge in [0.05, 0.1) is 6.04 Å². The number of furan rings is 1. The molecule has 2 heterocycles. The lowest BCUT2D eigenvalue weighted by molar-refractivity contribution is 0.171. The Morgan fingerprint density at radius 3 is 2.30 bits per heavy atom. The molecular formula is C15H16ClNO3. The van der Waals surface area contributed by atoms with Crippen LogP contribution in [0.5, 0.6) is 11.5 Å². The fourth-order valence-electron chi connectivity index (χ4n) is 2.44. The number of fused-ring (bicyclic) bond motifs is 1. The van der Waals surface area contributed by atoms with Gasteiger partial charge in [-0.15, -0.1) is 0 Å². The van der Waals surface area contributed by atoms with Crippen LogP contribution in [0.2, 0.25) is 5.02 Å². The van der Waals surface area contributed by atoms with Gasteiger partial charge in [-0.05, 0) is 31.5 Å². The zero-order chi connectivity index (χ0) is 14.3. The highest BCUT2D eigenvalue weighted by Gasteiger charge is 2.22. The maximum atomic E-state index is 6.32. The Hall–Kier alpha value is -1.65. The van der Waals surface area contributed by atoms with Crippen LogP contribution in [0.1, 0.15) is 28.7 Å². The van der Waals surface area contributed by atoms with E-state index in [9.17, 15) is 0 Å². The van der Waals surface area contributed by atoms with Gasteiger partial charge >= 0.3 is 0 Å². The van der Waals surface area contributed by atoms with Gasteiger partial charge in [0.2, 0.25) is 0 Å². The third-order valence-electron chi connectivity index (χ3n) is 3.41. The summed E-state index contributed by atoms with van der Waals surface area (Å²) in [6.45, 7) is 4.87. The van der Waals surface area contributed by atoms with Gasteiger partial charge in [0.15, 0.2) is 11.5 Å². The lowest BCUT2D eigenvalue weighted by Gasteiger charge is -2.21. The molecule has 4 nitrogen and oxygen atoms in total. The molecule has 2 aromatic rings. The van der Waals surface area contributed by atoms with Crippen molar-refractivity contribution in [2.24, 2.45) is 5.73 Å². The number of benzene rings is 1. The second-order valence-corrected chi connectivity index (χ2v) is 5.27. The predicted octanol–water partition coefficient (Wildman–Crippen LogP) is 3.37. The largest absolute Gasteiger partial charge is 0.486 e. The summed E-state index contributed by atoms with van der Waals surface area (Å²) in [6.07, 6.45) is 0. The summed E-state index contributed by atoms with van der Waals surface area (Å²) >= 11 is 6.32. The van der Waals surface area contributed by atoms with Gasteiger partial charge in [0.1, 0.15) is 24.7 Å². The minimum absolute atomic E-state index is 0.351. The first-order chi connectivity index (χ1) is 9.56. The first-order valence-corrected chi connectivity index (χ1v) is 6.85. The zero-order valence-corrected chi connectivity index (χ0v) is 12.2. The van der Waals surface area contributed by atoms with Crippen LogP contribution in [-0.2, 0) is 0 Å². The van der Waals surface area contributed by atoms with E-state index >= 15 is 0 Å². The van der Waals surface area contributed by atoms with Gasteiger partial charge in [-0.25, -0.2) is 0 Å². The third kappa shape index (κ3) is 2.25. The average molecular weight is 294 g/mol. The van der Waals surface area contributed by atoms with Crippen LogP contribution in [0.15, 0.2) is 22.6 Å². The van der Waals surface area contributed by atoms with E-state index in [1.165, 1.54) is 0 Å². The Kier molecular flexibility index (Phi) is 3.36. The van der Waals surface area contributed by atoms with Crippen molar-refractivity contribution >= 4 is 11.6 Å². The minimum atomic E-state index is -0.351. The van der Waals surface area contributed by atoms with E-state index in [1.807, 2.05) is 26.0 Å². The van der Waals surface area contributed by atoms with E-state index in [4.69, 9.17) is 31.2 Å². The van der Waals surface area contributed by atoms with Crippen molar-refractivity contribution in [3.05, 3.63) is 45.9 Å². The summed E-state index contributed by atoms with van der Waals surface area (Å²) in [5.74, 6) is 2.99. The van der Waals surface area contributed by atoms with E-state index in [1.54, 1.807) is 6.07 Å². The molecule has 0 saturated heterocycles. The monoisotopic (exact) mass is 293 g/mol. The van der Waals surface area contributed by atoms with Gasteiger partial charge in [0.25, 0.3) is 0 Å². The standard InChI is InChI=1S/C15H16ClNO3/c1-8-5-10(9(2)20-8)15(17)11-6-13-14(7-12(11)16)19-4-3-18-13/h5-7,15H,3-4,17H2,1-2H3. The molecule has 5 heteroatoms. The van der Waals surface area contributed by atoms with Crippen LogP contribution >= 0.6 is 11.6 Å². The van der Waals surface area contributed by atoms with Crippen LogP contribution in [-0.4, -0.2) is 13.2 Å². The summed E-state index contributed by atoms with van der Waals surface area (Å²) in [5.41, 5.74) is 8.06. The van der Waals surface area contributed by atoms with E-state index in [2.05, 4.69) is 0 Å². The van der Waals surface area contributed by atoms with Crippen molar-refractivity contribution in [1.29, 1.82) is 0 Å². The average Bonchev–Trinajstić information content (AvgIpc) is 2.76. The number of aryl methyl sites for hydroxylation is 2. The minimum Gasteiger partial charge on any atom is -0.486 e. The van der Waals surface area contributed by atoms with Gasteiger partial charge in [-0.1, -0.05) is 11.6 Å². The number of halogens is 1. The van der Waals surface area contributed by atoms with Crippen LogP contribution < -0.4 is 15.2 Å². The molecule has 3 rings (SSSR count). The van der Waals surface area contributed by atoms with Crippen LogP contribution in [0.4, 0.5) is 0 Å². The number of hydrogen-bond donors (Lipinski definition) is 1. The van der Waals surface area contributed by atoms with Crippen molar-refractivity contribution in [3.8, 4) is 11.5 Å². The van der Waals surface area contributed by atoms with Gasteiger partial charge in [-0.2, -0.15) is 0 Å². The highest BCUT2D eigenvalue weighted by molar-refractivity contribution is 6.31. The summed E-state index contributed by atoms with van der Waals surface area (Å²) < 4.78 is 16.6. The molecule has 0 fully saturated rings. The highest BCUT2D eigenvalue weighted by Crippen LogP contribution is 2.39. The number of rotatable bonds is 2. The van der Waals surface area contributed by atoms with Gasteiger partial charge in [0, 0.05) is 16.7 Å². The van der Waals surface area contributed by atoms with Crippen molar-refractivity contribution in [3.63, 3.8) is 0 Å². The van der Waals surface area contributed by atoms with E-state index in [0.29, 0.717) is 29.7 Å². The Morgan fingerprint density at radius 2 is 1.70 bits per heavy atom. The van der Waals surface area contributed by atoms with E-state index < -0.39 is 0 Å². The molecule has 0 radical (unpaired) electrons. The summed E-state index contributed by atoms with van der Waals surface area (Å²) in [4.78, 5) is 0. The number of ether oxygens (including phenoxy) is 2. The van der Waals surface area contributed by atoms with Gasteiger partial charge in [-0.3, -0.25) is 0 Å². The molecule has 1 aliphatic heterocycles. The molecule has 1 aromatic heterocycles. The number of nitrogens with two attached hydrogens (primary N) is 1. The molecule has 0 amide bonds. The molecular weight excluding hydrogens is 278 g/mol. The Balaban J connectivity index is 2.03. The maximum Gasteiger partial charge on any atom is 0.162 e. The maximum absolute atomic E-state index is 6.32. The SMILES string of the molecule is Cc1cc(C(N)c2cc3c(cc2Cl)OCCO3)c(C)o1. The molecule has 0 spiro atoms. The first kappa shape index (κ1) is 13.3. The molecule has 2 N–H and O–H groups in total. The lowest BCUT2D eigenvalue weighted by atomic mass is 9.99. The van der Waals surface area contributed by atoms with Crippen LogP contribution in [0.25, 0.3) is 0 Å². The van der Waals surface area contributed by atoms with Crippen molar-refractivity contribution in [2.75, 3.05) is 13.2 Å². The normalized spacial score (nSPS) is 15.2. The first-order valence-electron chi connectivity index (χ1n) is 6.48. The molecule has 1 unspecified atom stereocenters. The fraction of sp³-hybridized carbons (Fsp3) is 0.333.